The lowest BCUT2D eigenvalue weighted by Gasteiger charge is -2.09. The van der Waals surface area contributed by atoms with Crippen LogP contribution in [0, 0.1) is 13.5 Å². The summed E-state index contributed by atoms with van der Waals surface area (Å²) in [7, 11) is 1.66. The second-order valence-electron chi connectivity index (χ2n) is 4.63. The highest BCUT2D eigenvalue weighted by molar-refractivity contribution is 5.95. The van der Waals surface area contributed by atoms with Crippen molar-refractivity contribution in [2.75, 3.05) is 7.11 Å². The summed E-state index contributed by atoms with van der Waals surface area (Å²) in [6.07, 6.45) is 1.65. The molecule has 1 heterocycles. The SMILES string of the molecule is [C-]#[N+]c1cc(-c2ccc(C)c(OC)c2)c2occc2c1. The van der Waals surface area contributed by atoms with E-state index in [0.717, 1.165) is 33.4 Å². The van der Waals surface area contributed by atoms with E-state index in [1.165, 1.54) is 0 Å². The Morgan fingerprint density at radius 3 is 2.75 bits per heavy atom. The molecule has 98 valence electrons. The fourth-order valence-corrected chi connectivity index (χ4v) is 2.33. The van der Waals surface area contributed by atoms with Gasteiger partial charge < -0.3 is 9.15 Å². The van der Waals surface area contributed by atoms with Crippen LogP contribution < -0.4 is 4.74 Å². The van der Waals surface area contributed by atoms with E-state index in [2.05, 4.69) is 4.85 Å². The number of rotatable bonds is 2. The van der Waals surface area contributed by atoms with Crippen molar-refractivity contribution in [3.05, 3.63) is 59.6 Å². The molecule has 3 nitrogen and oxygen atoms in total. The van der Waals surface area contributed by atoms with E-state index >= 15 is 0 Å². The number of ether oxygens (including phenoxy) is 1. The molecule has 0 saturated carbocycles. The van der Waals surface area contributed by atoms with Crippen molar-refractivity contribution in [3.63, 3.8) is 0 Å². The smallest absolute Gasteiger partial charge is 0.188 e. The van der Waals surface area contributed by atoms with Crippen LogP contribution in [0.4, 0.5) is 5.69 Å². The Balaban J connectivity index is 2.28. The summed E-state index contributed by atoms with van der Waals surface area (Å²) >= 11 is 0. The van der Waals surface area contributed by atoms with E-state index in [-0.39, 0.29) is 0 Å². The lowest BCUT2D eigenvalue weighted by molar-refractivity contribution is 0.412. The molecule has 0 aliphatic heterocycles. The normalized spacial score (nSPS) is 10.4. The molecule has 0 aliphatic carbocycles. The van der Waals surface area contributed by atoms with Gasteiger partial charge in [0.25, 0.3) is 0 Å². The molecule has 0 unspecified atom stereocenters. The summed E-state index contributed by atoms with van der Waals surface area (Å²) in [6, 6.07) is 11.6. The molecule has 3 rings (SSSR count). The van der Waals surface area contributed by atoms with E-state index in [0.29, 0.717) is 5.69 Å². The third kappa shape index (κ3) is 1.92. The molecule has 0 radical (unpaired) electrons. The zero-order valence-electron chi connectivity index (χ0n) is 11.3. The van der Waals surface area contributed by atoms with E-state index in [9.17, 15) is 0 Å². The van der Waals surface area contributed by atoms with Crippen LogP contribution in [0.25, 0.3) is 26.9 Å². The Hall–Kier alpha value is -2.73. The molecule has 20 heavy (non-hydrogen) atoms. The Morgan fingerprint density at radius 1 is 1.15 bits per heavy atom. The Morgan fingerprint density at radius 2 is 2.00 bits per heavy atom. The van der Waals surface area contributed by atoms with Crippen LogP contribution in [0.2, 0.25) is 0 Å². The molecule has 0 N–H and O–H groups in total. The van der Waals surface area contributed by atoms with Crippen molar-refractivity contribution in [1.82, 2.24) is 0 Å². The maximum Gasteiger partial charge on any atom is 0.188 e. The molecule has 0 aliphatic rings. The van der Waals surface area contributed by atoms with Gasteiger partial charge in [-0.3, -0.25) is 0 Å². The van der Waals surface area contributed by atoms with Gasteiger partial charge in [0.15, 0.2) is 5.69 Å². The van der Waals surface area contributed by atoms with Gasteiger partial charge in [-0.2, -0.15) is 0 Å². The van der Waals surface area contributed by atoms with Crippen molar-refractivity contribution < 1.29 is 9.15 Å². The maximum atomic E-state index is 7.21. The van der Waals surface area contributed by atoms with E-state index in [4.69, 9.17) is 15.7 Å². The van der Waals surface area contributed by atoms with Crippen molar-refractivity contribution in [2.24, 2.45) is 0 Å². The summed E-state index contributed by atoms with van der Waals surface area (Å²) in [5.74, 6) is 0.829. The van der Waals surface area contributed by atoms with Gasteiger partial charge >= 0.3 is 0 Å². The molecule has 3 aromatic rings. The highest BCUT2D eigenvalue weighted by atomic mass is 16.5. The van der Waals surface area contributed by atoms with Crippen LogP contribution >= 0.6 is 0 Å². The standard InChI is InChI=1S/C17H13NO2/c1-11-4-5-12(9-16(11)19-3)15-10-14(18-2)8-13-6-7-20-17(13)15/h4-10H,1,3H3. The van der Waals surface area contributed by atoms with E-state index in [1.807, 2.05) is 43.3 Å². The molecule has 0 fully saturated rings. The first kappa shape index (κ1) is 12.3. The summed E-state index contributed by atoms with van der Waals surface area (Å²) in [5, 5.41) is 0.938. The molecule has 1 aromatic heterocycles. The molecular formula is C17H13NO2. The molecule has 3 heteroatoms. The lowest BCUT2D eigenvalue weighted by Crippen LogP contribution is -1.88. The molecule has 0 atom stereocenters. The van der Waals surface area contributed by atoms with E-state index in [1.54, 1.807) is 13.4 Å². The zero-order valence-corrected chi connectivity index (χ0v) is 11.3. The Kier molecular flexibility index (Phi) is 2.92. The largest absolute Gasteiger partial charge is 0.496 e. The third-order valence-corrected chi connectivity index (χ3v) is 3.38. The monoisotopic (exact) mass is 263 g/mol. The second-order valence-corrected chi connectivity index (χ2v) is 4.63. The van der Waals surface area contributed by atoms with Gasteiger partial charge in [0.1, 0.15) is 11.3 Å². The van der Waals surface area contributed by atoms with E-state index < -0.39 is 0 Å². The van der Waals surface area contributed by atoms with Crippen LogP contribution in [0.5, 0.6) is 5.75 Å². The van der Waals surface area contributed by atoms with Gasteiger partial charge in [-0.15, -0.1) is 0 Å². The fraction of sp³-hybridized carbons (Fsp3) is 0.118. The van der Waals surface area contributed by atoms with Gasteiger partial charge in [-0.05, 0) is 42.3 Å². The number of fused-ring (bicyclic) bond motifs is 1. The van der Waals surface area contributed by atoms with Gasteiger partial charge in [-0.1, -0.05) is 12.1 Å². The summed E-state index contributed by atoms with van der Waals surface area (Å²) in [5.41, 5.74) is 4.37. The number of benzene rings is 2. The first-order chi connectivity index (χ1) is 9.72. The van der Waals surface area contributed by atoms with Crippen molar-refractivity contribution in [2.45, 2.75) is 6.92 Å². The molecule has 0 amide bonds. The Labute approximate surface area is 117 Å². The average molecular weight is 263 g/mol. The van der Waals surface area contributed by atoms with Gasteiger partial charge in [0.05, 0.1) is 19.9 Å². The zero-order chi connectivity index (χ0) is 14.1. The minimum Gasteiger partial charge on any atom is -0.496 e. The highest BCUT2D eigenvalue weighted by Crippen LogP contribution is 2.35. The molecule has 0 bridgehead atoms. The van der Waals surface area contributed by atoms with Crippen LogP contribution in [-0.4, -0.2) is 7.11 Å². The fourth-order valence-electron chi connectivity index (χ4n) is 2.33. The predicted octanol–water partition coefficient (Wildman–Crippen LogP) is 4.97. The number of furan rings is 1. The molecule has 0 spiro atoms. The summed E-state index contributed by atoms with van der Waals surface area (Å²) < 4.78 is 10.9. The minimum absolute atomic E-state index is 0.605. The summed E-state index contributed by atoms with van der Waals surface area (Å²) in [6.45, 7) is 9.21. The van der Waals surface area contributed by atoms with Crippen LogP contribution in [0.3, 0.4) is 0 Å². The second kappa shape index (κ2) is 4.75. The first-order valence-corrected chi connectivity index (χ1v) is 6.26. The highest BCUT2D eigenvalue weighted by Gasteiger charge is 2.11. The molecular weight excluding hydrogens is 250 g/mol. The maximum absolute atomic E-state index is 7.21. The third-order valence-electron chi connectivity index (χ3n) is 3.38. The Bertz CT molecular complexity index is 825. The number of hydrogen-bond donors (Lipinski definition) is 0. The average Bonchev–Trinajstić information content (AvgIpc) is 2.95. The van der Waals surface area contributed by atoms with Crippen molar-refractivity contribution >= 4 is 16.7 Å². The van der Waals surface area contributed by atoms with Crippen LogP contribution in [-0.2, 0) is 0 Å². The summed E-state index contributed by atoms with van der Waals surface area (Å²) in [4.78, 5) is 3.52. The van der Waals surface area contributed by atoms with Crippen LogP contribution in [0.1, 0.15) is 5.56 Å². The minimum atomic E-state index is 0.605. The van der Waals surface area contributed by atoms with Crippen molar-refractivity contribution in [3.8, 4) is 16.9 Å². The molecule has 0 saturated heterocycles. The predicted molar refractivity (Wildman–Crippen MR) is 79.2 cm³/mol. The number of aryl methyl sites for hydroxylation is 1. The van der Waals surface area contributed by atoms with Gasteiger partial charge in [-0.25, -0.2) is 4.85 Å². The van der Waals surface area contributed by atoms with Gasteiger partial charge in [0.2, 0.25) is 0 Å². The van der Waals surface area contributed by atoms with Gasteiger partial charge in [0, 0.05) is 10.9 Å². The quantitative estimate of drug-likeness (QED) is 0.610. The molecule has 2 aromatic carbocycles. The topological polar surface area (TPSA) is 26.7 Å². The number of hydrogen-bond acceptors (Lipinski definition) is 2. The first-order valence-electron chi connectivity index (χ1n) is 6.26. The van der Waals surface area contributed by atoms with Crippen LogP contribution in [0.15, 0.2) is 47.1 Å². The number of nitrogens with zero attached hydrogens (tertiary/aromatic N) is 1. The van der Waals surface area contributed by atoms with Crippen molar-refractivity contribution in [1.29, 1.82) is 0 Å². The lowest BCUT2D eigenvalue weighted by atomic mass is 10.0. The number of methoxy groups -OCH3 is 1.